The van der Waals surface area contributed by atoms with Gasteiger partial charge < -0.3 is 15.4 Å². The Kier molecular flexibility index (Phi) is 14.4. The summed E-state index contributed by atoms with van der Waals surface area (Å²) in [7, 11) is 0. The van der Waals surface area contributed by atoms with Gasteiger partial charge in [0, 0.05) is 13.0 Å². The predicted molar refractivity (Wildman–Crippen MR) is 91.7 cm³/mol. The summed E-state index contributed by atoms with van der Waals surface area (Å²) >= 11 is 0. The van der Waals surface area contributed by atoms with Crippen LogP contribution in [0.4, 0.5) is 0 Å². The highest BCUT2D eigenvalue weighted by molar-refractivity contribution is 5.87. The number of ether oxygens (including phenoxy) is 1. The van der Waals surface area contributed by atoms with Gasteiger partial charge in [0.2, 0.25) is 11.8 Å². The molecule has 0 aromatic carbocycles. The lowest BCUT2D eigenvalue weighted by molar-refractivity contribution is -0.148. The van der Waals surface area contributed by atoms with Crippen molar-refractivity contribution in [1.29, 1.82) is 0 Å². The van der Waals surface area contributed by atoms with Gasteiger partial charge in [0.15, 0.2) is 0 Å². The van der Waals surface area contributed by atoms with Crippen molar-refractivity contribution < 1.29 is 19.1 Å². The molecule has 0 aromatic heterocycles. The van der Waals surface area contributed by atoms with Crippen molar-refractivity contribution in [3.63, 3.8) is 0 Å². The molecule has 0 radical (unpaired) electrons. The summed E-state index contributed by atoms with van der Waals surface area (Å²) in [5.74, 6) is -1.13. The first-order valence-electron chi connectivity index (χ1n) is 8.76. The van der Waals surface area contributed by atoms with Gasteiger partial charge in [-0.05, 0) is 26.2 Å². The molecule has 6 nitrogen and oxygen atoms in total. The van der Waals surface area contributed by atoms with Gasteiger partial charge >= 0.3 is 5.97 Å². The number of rotatable bonds is 5. The summed E-state index contributed by atoms with van der Waals surface area (Å²) in [6.45, 7) is 12.3. The summed E-state index contributed by atoms with van der Waals surface area (Å²) in [5.41, 5.74) is 5.31. The molecule has 0 aliphatic carbocycles. The van der Waals surface area contributed by atoms with E-state index in [1.165, 1.54) is 4.90 Å². The fourth-order valence-electron chi connectivity index (χ4n) is 2.41. The third kappa shape index (κ3) is 8.00. The number of nitrogens with two attached hydrogens (primary N) is 1. The summed E-state index contributed by atoms with van der Waals surface area (Å²) in [6.07, 6.45) is 1.75. The van der Waals surface area contributed by atoms with Crippen LogP contribution in [0.1, 0.15) is 67.2 Å². The van der Waals surface area contributed by atoms with Gasteiger partial charge in [0.1, 0.15) is 6.04 Å². The number of primary amides is 1. The Morgan fingerprint density at radius 1 is 1.22 bits per heavy atom. The Balaban J connectivity index is 0. The van der Waals surface area contributed by atoms with Crippen LogP contribution in [0.25, 0.3) is 0 Å². The van der Waals surface area contributed by atoms with E-state index >= 15 is 0 Å². The zero-order valence-corrected chi connectivity index (χ0v) is 15.6. The molecule has 0 spiro atoms. The van der Waals surface area contributed by atoms with Gasteiger partial charge in [-0.3, -0.25) is 14.4 Å². The third-order valence-electron chi connectivity index (χ3n) is 3.46. The molecule has 2 N–H and O–H groups in total. The molecule has 1 aliphatic rings. The highest BCUT2D eigenvalue weighted by atomic mass is 16.5. The molecule has 2 amide bonds. The summed E-state index contributed by atoms with van der Waals surface area (Å²) in [6, 6.07) is -0.576. The number of carbonyl (C=O) groups is 3. The van der Waals surface area contributed by atoms with Gasteiger partial charge in [0.25, 0.3) is 0 Å². The lowest BCUT2D eigenvalue weighted by atomic mass is 10.0. The number of hydrogen-bond acceptors (Lipinski definition) is 4. The Hall–Kier alpha value is -1.59. The maximum atomic E-state index is 12.0. The molecule has 0 aromatic rings. The van der Waals surface area contributed by atoms with E-state index in [1.54, 1.807) is 6.92 Å². The maximum Gasteiger partial charge on any atom is 0.308 e. The first-order valence-corrected chi connectivity index (χ1v) is 8.76. The first kappa shape index (κ1) is 23.7. The number of amides is 2. The van der Waals surface area contributed by atoms with Gasteiger partial charge in [-0.2, -0.15) is 0 Å². The zero-order valence-electron chi connectivity index (χ0n) is 15.6. The van der Waals surface area contributed by atoms with E-state index in [1.807, 2.05) is 34.6 Å². The Morgan fingerprint density at radius 3 is 2.22 bits per heavy atom. The van der Waals surface area contributed by atoms with Gasteiger partial charge in [-0.25, -0.2) is 0 Å². The van der Waals surface area contributed by atoms with Crippen LogP contribution in [0.5, 0.6) is 0 Å². The number of nitrogens with zero attached hydrogens (tertiary/aromatic N) is 1. The second-order valence-corrected chi connectivity index (χ2v) is 4.69. The van der Waals surface area contributed by atoms with E-state index in [-0.39, 0.29) is 24.2 Å². The van der Waals surface area contributed by atoms with E-state index in [9.17, 15) is 14.4 Å². The average Bonchev–Trinajstić information content (AvgIpc) is 2.75. The minimum Gasteiger partial charge on any atom is -0.466 e. The molecule has 1 rings (SSSR count). The minimum atomic E-state index is -0.576. The van der Waals surface area contributed by atoms with Crippen molar-refractivity contribution in [1.82, 2.24) is 4.90 Å². The van der Waals surface area contributed by atoms with E-state index in [0.717, 1.165) is 0 Å². The van der Waals surface area contributed by atoms with Crippen molar-refractivity contribution in [2.45, 2.75) is 73.3 Å². The van der Waals surface area contributed by atoms with Crippen LogP contribution in [-0.2, 0) is 19.1 Å². The SMILES string of the molecule is CC.CC.CCOC(=O)C1CCC(=O)N(C(CC)C(N)=O)CC1. The molecular formula is C17H34N2O4. The minimum absolute atomic E-state index is 0.113. The Bertz CT molecular complexity index is 359. The van der Waals surface area contributed by atoms with Crippen molar-refractivity contribution in [2.24, 2.45) is 11.7 Å². The molecule has 1 saturated heterocycles. The van der Waals surface area contributed by atoms with Crippen molar-refractivity contribution in [3.05, 3.63) is 0 Å². The molecule has 1 aliphatic heterocycles. The number of hydrogen-bond donors (Lipinski definition) is 1. The monoisotopic (exact) mass is 330 g/mol. The molecule has 1 fully saturated rings. The molecule has 6 heteroatoms. The van der Waals surface area contributed by atoms with Crippen LogP contribution in [0, 0.1) is 5.92 Å². The number of likely N-dealkylation sites (tertiary alicyclic amines) is 1. The topological polar surface area (TPSA) is 89.7 Å². The van der Waals surface area contributed by atoms with E-state index in [0.29, 0.717) is 32.4 Å². The molecule has 2 atom stereocenters. The predicted octanol–water partition coefficient (Wildman–Crippen LogP) is 2.49. The van der Waals surface area contributed by atoms with Crippen LogP contribution >= 0.6 is 0 Å². The molecular weight excluding hydrogens is 296 g/mol. The van der Waals surface area contributed by atoms with Crippen molar-refractivity contribution in [2.75, 3.05) is 13.2 Å². The largest absolute Gasteiger partial charge is 0.466 e. The van der Waals surface area contributed by atoms with Crippen LogP contribution in [0.2, 0.25) is 0 Å². The van der Waals surface area contributed by atoms with E-state index in [2.05, 4.69) is 0 Å². The number of carbonyl (C=O) groups excluding carboxylic acids is 3. The maximum absolute atomic E-state index is 12.0. The van der Waals surface area contributed by atoms with Crippen LogP contribution in [-0.4, -0.2) is 41.9 Å². The third-order valence-corrected chi connectivity index (χ3v) is 3.46. The second kappa shape index (κ2) is 14.0. The summed E-state index contributed by atoms with van der Waals surface area (Å²) < 4.78 is 4.98. The fourth-order valence-corrected chi connectivity index (χ4v) is 2.41. The van der Waals surface area contributed by atoms with E-state index < -0.39 is 11.9 Å². The molecule has 136 valence electrons. The normalized spacial score (nSPS) is 18.4. The Labute approximate surface area is 140 Å². The summed E-state index contributed by atoms with van der Waals surface area (Å²) in [4.78, 5) is 36.5. The Morgan fingerprint density at radius 2 is 1.78 bits per heavy atom. The van der Waals surface area contributed by atoms with Crippen molar-refractivity contribution >= 4 is 17.8 Å². The molecule has 1 heterocycles. The van der Waals surface area contributed by atoms with Crippen LogP contribution < -0.4 is 5.73 Å². The lowest BCUT2D eigenvalue weighted by Gasteiger charge is -2.27. The highest BCUT2D eigenvalue weighted by Crippen LogP contribution is 2.22. The quantitative estimate of drug-likeness (QED) is 0.784. The standard InChI is InChI=1S/C13H22N2O4.2C2H6/c1-3-10(12(14)17)15-8-7-9(5-6-11(15)16)13(18)19-4-2;2*1-2/h9-10H,3-8H2,1-2H3,(H2,14,17);2*1-2H3. The molecule has 23 heavy (non-hydrogen) atoms. The smallest absolute Gasteiger partial charge is 0.308 e. The molecule has 2 unspecified atom stereocenters. The lowest BCUT2D eigenvalue weighted by Crippen LogP contribution is -2.47. The van der Waals surface area contributed by atoms with Crippen LogP contribution in [0.15, 0.2) is 0 Å². The average molecular weight is 330 g/mol. The van der Waals surface area contributed by atoms with Gasteiger partial charge in [0.05, 0.1) is 12.5 Å². The van der Waals surface area contributed by atoms with Gasteiger partial charge in [-0.1, -0.05) is 34.6 Å². The van der Waals surface area contributed by atoms with E-state index in [4.69, 9.17) is 10.5 Å². The fraction of sp³-hybridized carbons (Fsp3) is 0.824. The molecule has 0 saturated carbocycles. The van der Waals surface area contributed by atoms with Crippen molar-refractivity contribution in [3.8, 4) is 0 Å². The van der Waals surface area contributed by atoms with Crippen LogP contribution in [0.3, 0.4) is 0 Å². The zero-order chi connectivity index (χ0) is 18.4. The highest BCUT2D eigenvalue weighted by Gasteiger charge is 2.32. The van der Waals surface area contributed by atoms with Gasteiger partial charge in [-0.15, -0.1) is 0 Å². The second-order valence-electron chi connectivity index (χ2n) is 4.69. The number of esters is 1. The summed E-state index contributed by atoms with van der Waals surface area (Å²) in [5, 5.41) is 0. The molecule has 0 bridgehead atoms. The first-order chi connectivity index (χ1) is 11.0.